The van der Waals surface area contributed by atoms with Crippen LogP contribution >= 0.6 is 0 Å². The van der Waals surface area contributed by atoms with E-state index in [0.717, 1.165) is 49.7 Å². The van der Waals surface area contributed by atoms with Gasteiger partial charge in [-0.25, -0.2) is 0 Å². The number of hydrazine groups is 2. The third-order valence-corrected chi connectivity index (χ3v) is 9.93. The van der Waals surface area contributed by atoms with Crippen LogP contribution in [0.15, 0.2) is 36.4 Å². The van der Waals surface area contributed by atoms with Gasteiger partial charge in [-0.1, -0.05) is 117 Å². The molecular weight excluding hydrogens is 656 g/mol. The van der Waals surface area contributed by atoms with E-state index in [0.29, 0.717) is 38.5 Å². The van der Waals surface area contributed by atoms with Crippen molar-refractivity contribution in [1.29, 1.82) is 0 Å². The van der Waals surface area contributed by atoms with Crippen LogP contribution in [0.3, 0.4) is 0 Å². The van der Waals surface area contributed by atoms with E-state index >= 15 is 0 Å². The number of unbranched alkanes of at least 4 members (excludes halogenated alkanes) is 11. The van der Waals surface area contributed by atoms with Gasteiger partial charge in [-0.3, -0.25) is 40.9 Å². The molecule has 2 rings (SSSR count). The SMILES string of the molecule is CCCCCCCCc1ccc(C(=O)NNC(=O)C(CC)CCCCC(CC)C(=O)NNC(=O)c2ccc(CCCCCCCC)cc2O)c(O)c1. The van der Waals surface area contributed by atoms with Crippen molar-refractivity contribution >= 4 is 23.6 Å². The summed E-state index contributed by atoms with van der Waals surface area (Å²) in [5.74, 6) is -2.64. The largest absolute Gasteiger partial charge is 0.507 e. The Labute approximate surface area is 312 Å². The minimum atomic E-state index is -0.577. The lowest BCUT2D eigenvalue weighted by molar-refractivity contribution is -0.127. The van der Waals surface area contributed by atoms with E-state index in [-0.39, 0.29) is 46.3 Å². The maximum Gasteiger partial charge on any atom is 0.273 e. The monoisotopic (exact) mass is 722 g/mol. The van der Waals surface area contributed by atoms with Gasteiger partial charge in [0.15, 0.2) is 0 Å². The second-order valence-corrected chi connectivity index (χ2v) is 14.1. The van der Waals surface area contributed by atoms with Crippen molar-refractivity contribution in [2.45, 2.75) is 156 Å². The summed E-state index contributed by atoms with van der Waals surface area (Å²) in [5.41, 5.74) is 12.0. The second kappa shape index (κ2) is 25.8. The van der Waals surface area contributed by atoms with Crippen molar-refractivity contribution in [3.05, 3.63) is 58.7 Å². The summed E-state index contributed by atoms with van der Waals surface area (Å²) >= 11 is 0. The molecule has 0 aromatic heterocycles. The Bertz CT molecular complexity index is 1280. The number of hydrogen-bond acceptors (Lipinski definition) is 6. The number of aryl methyl sites for hydroxylation is 2. The van der Waals surface area contributed by atoms with Crippen LogP contribution < -0.4 is 21.7 Å². The molecule has 10 nitrogen and oxygen atoms in total. The van der Waals surface area contributed by atoms with Crippen LogP contribution in [-0.2, 0) is 22.4 Å². The molecule has 0 bridgehead atoms. The zero-order chi connectivity index (χ0) is 38.1. The number of aromatic hydroxyl groups is 2. The third-order valence-electron chi connectivity index (χ3n) is 9.93. The van der Waals surface area contributed by atoms with Crippen LogP contribution in [0.25, 0.3) is 0 Å². The number of rotatable bonds is 25. The van der Waals surface area contributed by atoms with Crippen molar-refractivity contribution in [3.63, 3.8) is 0 Å². The number of phenolic OH excluding ortho intramolecular Hbond substituents is 2. The topological polar surface area (TPSA) is 157 Å². The molecule has 290 valence electrons. The van der Waals surface area contributed by atoms with E-state index < -0.39 is 11.8 Å². The zero-order valence-corrected chi connectivity index (χ0v) is 32.3. The molecule has 4 amide bonds. The molecule has 0 fully saturated rings. The molecule has 2 aromatic rings. The first-order valence-corrected chi connectivity index (χ1v) is 20.0. The van der Waals surface area contributed by atoms with Crippen molar-refractivity contribution in [3.8, 4) is 11.5 Å². The fourth-order valence-electron chi connectivity index (χ4n) is 6.47. The fourth-order valence-corrected chi connectivity index (χ4v) is 6.47. The van der Waals surface area contributed by atoms with E-state index in [1.54, 1.807) is 24.3 Å². The molecule has 0 saturated carbocycles. The molecular formula is C42H66N4O6. The Balaban J connectivity index is 1.71. The highest BCUT2D eigenvalue weighted by atomic mass is 16.3. The molecule has 6 N–H and O–H groups in total. The number of carbonyl (C=O) groups excluding carboxylic acids is 4. The van der Waals surface area contributed by atoms with Gasteiger partial charge in [0.1, 0.15) is 11.5 Å². The smallest absolute Gasteiger partial charge is 0.273 e. The predicted molar refractivity (Wildman–Crippen MR) is 208 cm³/mol. The second-order valence-electron chi connectivity index (χ2n) is 14.1. The molecule has 10 heteroatoms. The number of hydrogen-bond donors (Lipinski definition) is 6. The Hall–Kier alpha value is -4.08. The lowest BCUT2D eigenvalue weighted by Gasteiger charge is -2.18. The highest BCUT2D eigenvalue weighted by Gasteiger charge is 2.21. The summed E-state index contributed by atoms with van der Waals surface area (Å²) in [6.07, 6.45) is 19.6. The normalized spacial score (nSPS) is 12.2. The standard InChI is InChI=1S/C42H66N4O6/c1-5-9-11-13-15-17-21-31-25-27-35(37(47)29-31)41(51)45-43-39(49)33(7-3)23-19-20-24-34(8-4)40(50)44-46-42(52)36-28-26-32(30-38(36)48)22-18-16-14-12-10-6-2/h25-30,33-34,47-48H,5-24H2,1-4H3,(H,43,49)(H,44,50)(H,45,51)(H,46,52). The Morgan fingerprint density at radius 1 is 0.500 bits per heavy atom. The number of amides is 4. The summed E-state index contributed by atoms with van der Waals surface area (Å²) in [6.45, 7) is 8.21. The maximum atomic E-state index is 12.8. The highest BCUT2D eigenvalue weighted by Crippen LogP contribution is 2.23. The number of phenols is 2. The first kappa shape index (κ1) is 44.1. The first-order chi connectivity index (χ1) is 25.1. The van der Waals surface area contributed by atoms with E-state index in [1.807, 2.05) is 26.0 Å². The lowest BCUT2D eigenvalue weighted by atomic mass is 9.94. The number of benzene rings is 2. The van der Waals surface area contributed by atoms with Crippen molar-refractivity contribution in [2.75, 3.05) is 0 Å². The van der Waals surface area contributed by atoms with Crippen LogP contribution in [0, 0.1) is 11.8 Å². The first-order valence-electron chi connectivity index (χ1n) is 20.0. The summed E-state index contributed by atoms with van der Waals surface area (Å²) in [4.78, 5) is 51.1. The third kappa shape index (κ3) is 16.5. The molecule has 0 spiro atoms. The number of carbonyl (C=O) groups is 4. The molecule has 0 aliphatic rings. The average Bonchev–Trinajstić information content (AvgIpc) is 3.13. The van der Waals surface area contributed by atoms with Crippen LogP contribution in [0.2, 0.25) is 0 Å². The molecule has 2 unspecified atom stereocenters. The molecule has 52 heavy (non-hydrogen) atoms. The Morgan fingerprint density at radius 3 is 1.21 bits per heavy atom. The van der Waals surface area contributed by atoms with Crippen LogP contribution in [0.4, 0.5) is 0 Å². The van der Waals surface area contributed by atoms with Gasteiger partial charge in [-0.15, -0.1) is 0 Å². The Morgan fingerprint density at radius 2 is 0.865 bits per heavy atom. The van der Waals surface area contributed by atoms with Gasteiger partial charge in [0.25, 0.3) is 11.8 Å². The van der Waals surface area contributed by atoms with Crippen LogP contribution in [0.5, 0.6) is 11.5 Å². The van der Waals surface area contributed by atoms with Crippen molar-refractivity contribution in [1.82, 2.24) is 21.7 Å². The molecule has 0 heterocycles. The summed E-state index contributed by atoms with van der Waals surface area (Å²) in [6, 6.07) is 10.1. The Kier molecular flexibility index (Phi) is 21.9. The molecule has 0 saturated heterocycles. The van der Waals surface area contributed by atoms with Gasteiger partial charge in [-0.05, 0) is 86.8 Å². The lowest BCUT2D eigenvalue weighted by Crippen LogP contribution is -2.44. The van der Waals surface area contributed by atoms with Gasteiger partial charge in [-0.2, -0.15) is 0 Å². The van der Waals surface area contributed by atoms with Gasteiger partial charge in [0, 0.05) is 11.8 Å². The van der Waals surface area contributed by atoms with E-state index in [4.69, 9.17) is 0 Å². The molecule has 0 aliphatic heterocycles. The maximum absolute atomic E-state index is 12.8. The highest BCUT2D eigenvalue weighted by molar-refractivity contribution is 5.98. The summed E-state index contributed by atoms with van der Waals surface area (Å²) < 4.78 is 0. The van der Waals surface area contributed by atoms with Crippen LogP contribution in [-0.4, -0.2) is 33.8 Å². The zero-order valence-electron chi connectivity index (χ0n) is 32.3. The molecule has 0 radical (unpaired) electrons. The quantitative estimate of drug-likeness (QED) is 0.0445. The van der Waals surface area contributed by atoms with E-state index in [1.165, 1.54) is 51.4 Å². The molecule has 2 aromatic carbocycles. The minimum Gasteiger partial charge on any atom is -0.507 e. The van der Waals surface area contributed by atoms with Crippen LogP contribution in [0.1, 0.15) is 175 Å². The van der Waals surface area contributed by atoms with E-state index in [9.17, 15) is 29.4 Å². The minimum absolute atomic E-state index is 0.105. The predicted octanol–water partition coefficient (Wildman–Crippen LogP) is 8.74. The van der Waals surface area contributed by atoms with E-state index in [2.05, 4.69) is 35.6 Å². The molecule has 2 atom stereocenters. The van der Waals surface area contributed by atoms with Gasteiger partial charge in [0.2, 0.25) is 11.8 Å². The summed E-state index contributed by atoms with van der Waals surface area (Å²) in [7, 11) is 0. The summed E-state index contributed by atoms with van der Waals surface area (Å²) in [5, 5.41) is 20.9. The molecule has 0 aliphatic carbocycles. The van der Waals surface area contributed by atoms with Crippen molar-refractivity contribution in [2.24, 2.45) is 11.8 Å². The van der Waals surface area contributed by atoms with Gasteiger partial charge < -0.3 is 10.2 Å². The van der Waals surface area contributed by atoms with Gasteiger partial charge in [0.05, 0.1) is 11.1 Å². The van der Waals surface area contributed by atoms with Gasteiger partial charge >= 0.3 is 0 Å². The van der Waals surface area contributed by atoms with Crippen molar-refractivity contribution < 1.29 is 29.4 Å². The average molecular weight is 723 g/mol. The number of nitrogens with one attached hydrogen (secondary N) is 4. The fraction of sp³-hybridized carbons (Fsp3) is 0.619.